The van der Waals surface area contributed by atoms with Crippen LogP contribution in [0.15, 0.2) is 0 Å². The van der Waals surface area contributed by atoms with Gasteiger partial charge in [-0.25, -0.2) is 0 Å². The fourth-order valence-electron chi connectivity index (χ4n) is 7.33. The van der Waals surface area contributed by atoms with Gasteiger partial charge in [0.1, 0.15) is 122 Å². The molecule has 62 heavy (non-hydrogen) atoms. The summed E-state index contributed by atoms with van der Waals surface area (Å²) in [5.74, 6) is -1.50. The highest BCUT2D eigenvalue weighted by molar-refractivity contribution is 5.73. The first-order valence-electron chi connectivity index (χ1n) is 19.5. The Kier molecular flexibility index (Phi) is 19.9. The van der Waals surface area contributed by atoms with Gasteiger partial charge >= 0.3 is 0 Å². The van der Waals surface area contributed by atoms with Gasteiger partial charge in [0.2, 0.25) is 11.8 Å². The van der Waals surface area contributed by atoms with Crippen molar-refractivity contribution in [3.8, 4) is 0 Å². The van der Waals surface area contributed by atoms with E-state index in [4.69, 9.17) is 37.9 Å². The predicted octanol–water partition coefficient (Wildman–Crippen LogP) is -12.0. The number of rotatable bonds is 19. The molecule has 0 unspecified atom stereocenters. The van der Waals surface area contributed by atoms with Gasteiger partial charge in [-0.3, -0.25) is 9.59 Å². The van der Waals surface area contributed by atoms with E-state index in [2.05, 4.69) is 10.6 Å². The van der Waals surface area contributed by atoms with Gasteiger partial charge in [0.25, 0.3) is 0 Å². The fourth-order valence-corrected chi connectivity index (χ4v) is 7.33. The molecule has 0 aromatic heterocycles. The van der Waals surface area contributed by atoms with Crippen molar-refractivity contribution in [1.29, 1.82) is 0 Å². The van der Waals surface area contributed by atoms with E-state index < -0.39 is 199 Å². The number of hydrogen-bond donors (Lipinski definition) is 18. The van der Waals surface area contributed by atoms with Crippen LogP contribution in [0.4, 0.5) is 0 Å². The second-order valence-corrected chi connectivity index (χ2v) is 15.2. The Morgan fingerprint density at radius 1 is 0.516 bits per heavy atom. The second kappa shape index (κ2) is 23.4. The number of aliphatic hydroxyl groups excluding tert-OH is 16. The van der Waals surface area contributed by atoms with Crippen molar-refractivity contribution in [2.45, 2.75) is 161 Å². The summed E-state index contributed by atoms with van der Waals surface area (Å²) < 4.78 is 45.4. The zero-order valence-corrected chi connectivity index (χ0v) is 33.3. The SMILES string of the molecule is CC(=O)N[C@H]1[C@H](OC[C@H]2O[C@@H](O[C@@H]([C@H](O)[C@@H](O)CO)[C@H](O)CO)[C@H](O)[C@@H](O[C@@H]3O[C@H](CO)[C@H](O)[C@H](O)[C@H]3O)[C@H]2O)O[C@H](CO)[C@@H](O[C@@H]2O[C@H](CO)[C@H](O)[C@H](O)[C@H]2NC(C)=O)[C@@H]1O. The van der Waals surface area contributed by atoms with Gasteiger partial charge in [-0.05, 0) is 0 Å². The summed E-state index contributed by atoms with van der Waals surface area (Å²) in [6.07, 6.45) is -41.6. The zero-order valence-electron chi connectivity index (χ0n) is 33.3. The van der Waals surface area contributed by atoms with Gasteiger partial charge in [-0.1, -0.05) is 0 Å². The van der Waals surface area contributed by atoms with E-state index in [1.807, 2.05) is 0 Å². The third kappa shape index (κ3) is 12.1. The molecule has 0 saturated carbocycles. The van der Waals surface area contributed by atoms with E-state index in [0.29, 0.717) is 0 Å². The molecule has 0 bridgehead atoms. The van der Waals surface area contributed by atoms with Gasteiger partial charge in [0, 0.05) is 13.8 Å². The maximum absolute atomic E-state index is 12.4. The Bertz CT molecular complexity index is 1390. The molecule has 28 heteroatoms. The molecule has 4 aliphatic rings. The van der Waals surface area contributed by atoms with E-state index >= 15 is 0 Å². The van der Waals surface area contributed by atoms with Crippen molar-refractivity contribution in [1.82, 2.24) is 10.6 Å². The van der Waals surface area contributed by atoms with Crippen LogP contribution < -0.4 is 10.6 Å². The average Bonchev–Trinajstić information content (AvgIpc) is 3.24. The van der Waals surface area contributed by atoms with Crippen LogP contribution in [0.5, 0.6) is 0 Å². The Morgan fingerprint density at radius 2 is 1.00 bits per heavy atom. The molecule has 0 aliphatic carbocycles. The van der Waals surface area contributed by atoms with Gasteiger partial charge in [0.15, 0.2) is 25.2 Å². The minimum atomic E-state index is -2.22. The monoisotopic (exact) mass is 912 g/mol. The minimum absolute atomic E-state index is 0.711. The molecule has 4 rings (SSSR count). The largest absolute Gasteiger partial charge is 0.394 e. The lowest BCUT2D eigenvalue weighted by molar-refractivity contribution is -0.374. The number of ether oxygens (including phenoxy) is 8. The minimum Gasteiger partial charge on any atom is -0.394 e. The quantitative estimate of drug-likeness (QED) is 0.0572. The lowest BCUT2D eigenvalue weighted by atomic mass is 9.94. The molecule has 4 saturated heterocycles. The van der Waals surface area contributed by atoms with Crippen molar-refractivity contribution < 1.29 is 129 Å². The molecule has 362 valence electrons. The lowest BCUT2D eigenvalue weighted by Crippen LogP contribution is -2.69. The van der Waals surface area contributed by atoms with Crippen molar-refractivity contribution in [3.05, 3.63) is 0 Å². The van der Waals surface area contributed by atoms with Crippen molar-refractivity contribution in [2.75, 3.05) is 39.6 Å². The average molecular weight is 913 g/mol. The summed E-state index contributed by atoms with van der Waals surface area (Å²) in [7, 11) is 0. The molecule has 2 amide bonds. The Hall–Kier alpha value is -2.02. The van der Waals surface area contributed by atoms with Crippen LogP contribution in [-0.4, -0.2) is 280 Å². The van der Waals surface area contributed by atoms with Gasteiger partial charge < -0.3 is 130 Å². The van der Waals surface area contributed by atoms with Crippen LogP contribution in [0, 0.1) is 0 Å². The van der Waals surface area contributed by atoms with E-state index in [0.717, 1.165) is 13.8 Å². The molecule has 4 heterocycles. The number of aliphatic hydroxyl groups is 16. The molecule has 0 aromatic rings. The zero-order chi connectivity index (χ0) is 46.3. The third-order valence-corrected chi connectivity index (χ3v) is 10.7. The molecular formula is C34H60N2O26. The Balaban J connectivity index is 1.63. The predicted molar refractivity (Wildman–Crippen MR) is 192 cm³/mol. The Labute approximate surface area is 352 Å². The molecule has 18 N–H and O–H groups in total. The summed E-state index contributed by atoms with van der Waals surface area (Å²) in [5, 5.41) is 171. The highest BCUT2D eigenvalue weighted by Crippen LogP contribution is 2.34. The van der Waals surface area contributed by atoms with Crippen LogP contribution in [0.1, 0.15) is 13.8 Å². The first kappa shape index (κ1) is 52.6. The molecule has 4 aliphatic heterocycles. The van der Waals surface area contributed by atoms with Crippen LogP contribution in [0.3, 0.4) is 0 Å². The molecule has 0 spiro atoms. The first-order chi connectivity index (χ1) is 29.2. The third-order valence-electron chi connectivity index (χ3n) is 10.7. The Morgan fingerprint density at radius 3 is 1.53 bits per heavy atom. The van der Waals surface area contributed by atoms with Gasteiger partial charge in [0.05, 0.1) is 39.6 Å². The summed E-state index contributed by atoms with van der Waals surface area (Å²) in [6, 6.07) is -3.14. The molecule has 24 atom stereocenters. The maximum Gasteiger partial charge on any atom is 0.217 e. The van der Waals surface area contributed by atoms with Gasteiger partial charge in [-0.2, -0.15) is 0 Å². The highest BCUT2D eigenvalue weighted by Gasteiger charge is 2.55. The topological polar surface area (TPSA) is 456 Å². The first-order valence-corrected chi connectivity index (χ1v) is 19.5. The van der Waals surface area contributed by atoms with Crippen LogP contribution >= 0.6 is 0 Å². The smallest absolute Gasteiger partial charge is 0.217 e. The molecule has 28 nitrogen and oxygen atoms in total. The number of carbonyl (C=O) groups is 2. The van der Waals surface area contributed by atoms with Crippen molar-refractivity contribution >= 4 is 11.8 Å². The number of carbonyl (C=O) groups excluding carboxylic acids is 2. The van der Waals surface area contributed by atoms with Crippen molar-refractivity contribution in [3.63, 3.8) is 0 Å². The summed E-state index contributed by atoms with van der Waals surface area (Å²) >= 11 is 0. The van der Waals surface area contributed by atoms with Gasteiger partial charge in [-0.15, -0.1) is 0 Å². The lowest BCUT2D eigenvalue weighted by Gasteiger charge is -2.49. The van der Waals surface area contributed by atoms with E-state index in [9.17, 15) is 91.3 Å². The molecule has 0 radical (unpaired) electrons. The standard InChI is InChI=1S/C34H60N2O26/c1-9(42)35-17-23(50)20(47)13(5-39)56-32(17)61-29-15(7-41)58-31(18(24(29)51)36-10(2)43)55-8-16-22(49)30(62-33-26(53)25(52)21(48)14(6-40)57-33)27(54)34(59-16)60-28(12(45)4-38)19(46)11(44)3-37/h11-34,37-41,44-54H,3-8H2,1-2H3,(H,35,42)(H,36,43)/t11-,12+,13+,14+,15+,16+,17+,18+,19+,20-,21-,22-,23+,24+,25-,26+,27+,28+,29+,30-,31+,32-,33-,34-/m0/s1. The molecule has 4 fully saturated rings. The normalized spacial score (nSPS) is 43.6. The fraction of sp³-hybridized carbons (Fsp3) is 0.941. The second-order valence-electron chi connectivity index (χ2n) is 15.2. The van der Waals surface area contributed by atoms with E-state index in [1.54, 1.807) is 0 Å². The summed E-state index contributed by atoms with van der Waals surface area (Å²) in [4.78, 5) is 24.4. The summed E-state index contributed by atoms with van der Waals surface area (Å²) in [5.41, 5.74) is 0. The summed E-state index contributed by atoms with van der Waals surface area (Å²) in [6.45, 7) is -3.66. The van der Waals surface area contributed by atoms with E-state index in [-0.39, 0.29) is 0 Å². The highest BCUT2D eigenvalue weighted by atomic mass is 16.8. The number of hydrogen-bond acceptors (Lipinski definition) is 26. The molecule has 0 aromatic carbocycles. The van der Waals surface area contributed by atoms with Crippen LogP contribution in [0.2, 0.25) is 0 Å². The number of nitrogens with one attached hydrogen (secondary N) is 2. The maximum atomic E-state index is 12.4. The number of amides is 2. The molecular weight excluding hydrogens is 852 g/mol. The van der Waals surface area contributed by atoms with Crippen molar-refractivity contribution in [2.24, 2.45) is 0 Å². The van der Waals surface area contributed by atoms with Crippen LogP contribution in [0.25, 0.3) is 0 Å². The van der Waals surface area contributed by atoms with E-state index in [1.165, 1.54) is 0 Å². The van der Waals surface area contributed by atoms with Crippen LogP contribution in [-0.2, 0) is 47.5 Å².